The number of halogens is 1. The lowest BCUT2D eigenvalue weighted by Gasteiger charge is -1.96. The minimum atomic E-state index is -0.741. The molecular formula is C13H7BrN4O5. The van der Waals surface area contributed by atoms with Crippen molar-refractivity contribution in [3.8, 4) is 11.5 Å². The van der Waals surface area contributed by atoms with E-state index in [4.69, 9.17) is 8.83 Å². The maximum absolute atomic E-state index is 11.9. The largest absolute Gasteiger partial charge is 0.433 e. The molecule has 0 aliphatic carbocycles. The molecule has 0 atom stereocenters. The van der Waals surface area contributed by atoms with Crippen molar-refractivity contribution in [2.75, 3.05) is 5.32 Å². The van der Waals surface area contributed by atoms with Gasteiger partial charge in [-0.1, -0.05) is 21.0 Å². The van der Waals surface area contributed by atoms with Crippen LogP contribution in [0.1, 0.15) is 10.6 Å². The second kappa shape index (κ2) is 6.01. The number of anilines is 1. The standard InChI is InChI=1S/C13H7BrN4O5/c14-8-3-1-7(2-4-8)12-16-17-13(23-12)15-11(19)9-5-6-10(22-9)18(20)21/h1-6H,(H,15,17,19). The maximum Gasteiger partial charge on any atom is 0.433 e. The first-order valence-electron chi connectivity index (χ1n) is 6.18. The summed E-state index contributed by atoms with van der Waals surface area (Å²) >= 11 is 3.31. The molecule has 2 aromatic heterocycles. The zero-order valence-corrected chi connectivity index (χ0v) is 12.8. The van der Waals surface area contributed by atoms with E-state index < -0.39 is 16.7 Å². The molecule has 1 aromatic carbocycles. The van der Waals surface area contributed by atoms with E-state index in [0.717, 1.165) is 10.5 Å². The molecular weight excluding hydrogens is 372 g/mol. The number of benzene rings is 1. The van der Waals surface area contributed by atoms with Crippen LogP contribution in [-0.4, -0.2) is 21.0 Å². The average Bonchev–Trinajstić information content (AvgIpc) is 3.17. The van der Waals surface area contributed by atoms with Crippen LogP contribution in [0.4, 0.5) is 11.9 Å². The maximum atomic E-state index is 11.9. The summed E-state index contributed by atoms with van der Waals surface area (Å²) in [5.74, 6) is -1.28. The Hall–Kier alpha value is -3.01. The quantitative estimate of drug-likeness (QED) is 0.545. The van der Waals surface area contributed by atoms with Gasteiger partial charge in [0.1, 0.15) is 4.92 Å². The molecule has 0 saturated carbocycles. The number of amides is 1. The van der Waals surface area contributed by atoms with E-state index in [-0.39, 0.29) is 17.7 Å². The highest BCUT2D eigenvalue weighted by atomic mass is 79.9. The summed E-state index contributed by atoms with van der Waals surface area (Å²) in [6.07, 6.45) is 0. The van der Waals surface area contributed by atoms with Crippen LogP contribution < -0.4 is 5.32 Å². The molecule has 0 radical (unpaired) electrons. The highest BCUT2D eigenvalue weighted by Crippen LogP contribution is 2.22. The van der Waals surface area contributed by atoms with Crippen molar-refractivity contribution in [1.29, 1.82) is 0 Å². The van der Waals surface area contributed by atoms with Crippen LogP contribution in [0.3, 0.4) is 0 Å². The average molecular weight is 379 g/mol. The lowest BCUT2D eigenvalue weighted by molar-refractivity contribution is -0.402. The number of nitro groups is 1. The number of hydrogen-bond donors (Lipinski definition) is 1. The number of hydrogen-bond acceptors (Lipinski definition) is 7. The van der Waals surface area contributed by atoms with Gasteiger partial charge in [-0.15, -0.1) is 5.10 Å². The highest BCUT2D eigenvalue weighted by Gasteiger charge is 2.19. The van der Waals surface area contributed by atoms with Crippen molar-refractivity contribution in [1.82, 2.24) is 10.2 Å². The third kappa shape index (κ3) is 3.26. The Kier molecular flexibility index (Phi) is 3.89. The van der Waals surface area contributed by atoms with Gasteiger partial charge in [-0.05, 0) is 30.3 Å². The molecule has 1 N–H and O–H groups in total. The van der Waals surface area contributed by atoms with Crippen molar-refractivity contribution in [3.63, 3.8) is 0 Å². The van der Waals surface area contributed by atoms with Crippen LogP contribution in [-0.2, 0) is 0 Å². The number of furan rings is 1. The fraction of sp³-hybridized carbons (Fsp3) is 0. The molecule has 9 nitrogen and oxygen atoms in total. The van der Waals surface area contributed by atoms with E-state index in [9.17, 15) is 14.9 Å². The van der Waals surface area contributed by atoms with Crippen LogP contribution in [0.2, 0.25) is 0 Å². The molecule has 0 aliphatic heterocycles. The number of carbonyl (C=O) groups excluding carboxylic acids is 1. The van der Waals surface area contributed by atoms with Gasteiger partial charge < -0.3 is 8.83 Å². The number of nitrogens with one attached hydrogen (secondary N) is 1. The summed E-state index contributed by atoms with van der Waals surface area (Å²) < 4.78 is 11.0. The van der Waals surface area contributed by atoms with E-state index in [1.54, 1.807) is 24.3 Å². The van der Waals surface area contributed by atoms with Crippen LogP contribution in [0.5, 0.6) is 0 Å². The second-order valence-electron chi connectivity index (χ2n) is 4.27. The molecule has 23 heavy (non-hydrogen) atoms. The van der Waals surface area contributed by atoms with Crippen molar-refractivity contribution in [3.05, 3.63) is 56.7 Å². The summed E-state index contributed by atoms with van der Waals surface area (Å²) in [4.78, 5) is 21.7. The van der Waals surface area contributed by atoms with Gasteiger partial charge in [0.25, 0.3) is 5.91 Å². The van der Waals surface area contributed by atoms with Crippen LogP contribution >= 0.6 is 15.9 Å². The zero-order chi connectivity index (χ0) is 16.4. The summed E-state index contributed by atoms with van der Waals surface area (Å²) in [5, 5.41) is 20.3. The van der Waals surface area contributed by atoms with Gasteiger partial charge in [0.15, 0.2) is 5.76 Å². The van der Waals surface area contributed by atoms with Gasteiger partial charge in [-0.25, -0.2) is 0 Å². The van der Waals surface area contributed by atoms with E-state index in [1.807, 2.05) is 0 Å². The fourth-order valence-corrected chi connectivity index (χ4v) is 1.95. The molecule has 0 aliphatic rings. The molecule has 2 heterocycles. The SMILES string of the molecule is O=C(Nc1nnc(-c2ccc(Br)cc2)o1)c1ccc([N+](=O)[O-])o1. The molecule has 0 bridgehead atoms. The summed E-state index contributed by atoms with van der Waals surface area (Å²) in [6, 6.07) is 9.25. The first-order valence-corrected chi connectivity index (χ1v) is 6.97. The van der Waals surface area contributed by atoms with Crippen molar-refractivity contribution in [2.24, 2.45) is 0 Å². The van der Waals surface area contributed by atoms with Gasteiger partial charge in [-0.2, -0.15) is 0 Å². The Morgan fingerprint density at radius 3 is 2.52 bits per heavy atom. The molecule has 0 spiro atoms. The van der Waals surface area contributed by atoms with Gasteiger partial charge in [-0.3, -0.25) is 20.2 Å². The van der Waals surface area contributed by atoms with Gasteiger partial charge in [0, 0.05) is 10.0 Å². The van der Waals surface area contributed by atoms with Crippen LogP contribution in [0, 0.1) is 10.1 Å². The Bertz CT molecular complexity index is 871. The first kappa shape index (κ1) is 14.9. The van der Waals surface area contributed by atoms with Gasteiger partial charge >= 0.3 is 11.9 Å². The smallest absolute Gasteiger partial charge is 0.403 e. The number of nitrogens with zero attached hydrogens (tertiary/aromatic N) is 3. The third-order valence-corrected chi connectivity index (χ3v) is 3.26. The number of carbonyl (C=O) groups is 1. The van der Waals surface area contributed by atoms with Crippen molar-refractivity contribution in [2.45, 2.75) is 0 Å². The predicted molar refractivity (Wildman–Crippen MR) is 80.7 cm³/mol. The Balaban J connectivity index is 1.74. The Labute approximate surface area is 136 Å². The summed E-state index contributed by atoms with van der Waals surface area (Å²) in [7, 11) is 0. The molecule has 10 heteroatoms. The fourth-order valence-electron chi connectivity index (χ4n) is 1.69. The van der Waals surface area contributed by atoms with Crippen molar-refractivity contribution < 1.29 is 18.6 Å². The second-order valence-corrected chi connectivity index (χ2v) is 5.18. The van der Waals surface area contributed by atoms with Gasteiger partial charge in [0.2, 0.25) is 5.89 Å². The Morgan fingerprint density at radius 1 is 1.13 bits per heavy atom. The molecule has 3 rings (SSSR count). The molecule has 1 amide bonds. The zero-order valence-electron chi connectivity index (χ0n) is 11.2. The minimum absolute atomic E-state index is 0.146. The van der Waals surface area contributed by atoms with E-state index in [2.05, 4.69) is 31.4 Å². The van der Waals surface area contributed by atoms with Crippen LogP contribution in [0.15, 0.2) is 49.7 Å². The summed E-state index contributed by atoms with van der Waals surface area (Å²) in [5.41, 5.74) is 0.676. The first-order chi connectivity index (χ1) is 11.0. The van der Waals surface area contributed by atoms with E-state index in [1.165, 1.54) is 6.07 Å². The van der Waals surface area contributed by atoms with Crippen molar-refractivity contribution >= 4 is 33.7 Å². The van der Waals surface area contributed by atoms with E-state index >= 15 is 0 Å². The summed E-state index contributed by atoms with van der Waals surface area (Å²) in [6.45, 7) is 0. The number of aromatic nitrogens is 2. The molecule has 0 saturated heterocycles. The van der Waals surface area contributed by atoms with Gasteiger partial charge in [0.05, 0.1) is 6.07 Å². The minimum Gasteiger partial charge on any atom is -0.403 e. The molecule has 0 fully saturated rings. The lowest BCUT2D eigenvalue weighted by Crippen LogP contribution is -2.11. The Morgan fingerprint density at radius 2 is 1.87 bits per heavy atom. The van der Waals surface area contributed by atoms with Crippen LogP contribution in [0.25, 0.3) is 11.5 Å². The molecule has 0 unspecified atom stereocenters. The topological polar surface area (TPSA) is 124 Å². The monoisotopic (exact) mass is 378 g/mol. The third-order valence-electron chi connectivity index (χ3n) is 2.73. The normalized spacial score (nSPS) is 10.5. The molecule has 3 aromatic rings. The number of rotatable bonds is 4. The van der Waals surface area contributed by atoms with E-state index in [0.29, 0.717) is 5.56 Å². The molecule has 116 valence electrons. The predicted octanol–water partition coefficient (Wildman–Crippen LogP) is 3.25. The lowest BCUT2D eigenvalue weighted by atomic mass is 10.2. The highest BCUT2D eigenvalue weighted by molar-refractivity contribution is 9.10.